The van der Waals surface area contributed by atoms with Crippen molar-refractivity contribution in [2.24, 2.45) is 5.92 Å². The van der Waals surface area contributed by atoms with Crippen LogP contribution in [0.5, 0.6) is 5.75 Å². The molecule has 1 aliphatic heterocycles. The summed E-state index contributed by atoms with van der Waals surface area (Å²) in [4.78, 5) is 26.0. The van der Waals surface area contributed by atoms with Gasteiger partial charge in [-0.25, -0.2) is 0 Å². The first-order chi connectivity index (χ1) is 13.5. The Kier molecular flexibility index (Phi) is 6.92. The zero-order valence-corrected chi connectivity index (χ0v) is 16.6. The van der Waals surface area contributed by atoms with Gasteiger partial charge in [0, 0.05) is 36.0 Å². The second kappa shape index (κ2) is 9.59. The summed E-state index contributed by atoms with van der Waals surface area (Å²) in [6.45, 7) is 3.97. The Morgan fingerprint density at radius 2 is 1.96 bits per heavy atom. The maximum atomic E-state index is 12.9. The van der Waals surface area contributed by atoms with Gasteiger partial charge in [-0.05, 0) is 44.0 Å². The normalized spacial score (nSPS) is 17.8. The largest absolute Gasteiger partial charge is 0.493 e. The molecule has 0 aliphatic carbocycles. The third-order valence-electron chi connectivity index (χ3n) is 4.77. The van der Waals surface area contributed by atoms with Crippen LogP contribution in [0.15, 0.2) is 59.5 Å². The van der Waals surface area contributed by atoms with Gasteiger partial charge in [0.25, 0.3) is 5.69 Å². The van der Waals surface area contributed by atoms with Gasteiger partial charge in [-0.15, -0.1) is 11.8 Å². The van der Waals surface area contributed by atoms with Crippen molar-refractivity contribution in [1.29, 1.82) is 0 Å². The van der Waals surface area contributed by atoms with Crippen LogP contribution >= 0.6 is 11.8 Å². The highest BCUT2D eigenvalue weighted by Crippen LogP contribution is 2.28. The fourth-order valence-electron chi connectivity index (χ4n) is 3.29. The summed E-state index contributed by atoms with van der Waals surface area (Å²) in [5.41, 5.74) is 0.0561. The van der Waals surface area contributed by atoms with Crippen molar-refractivity contribution in [1.82, 2.24) is 4.90 Å². The third kappa shape index (κ3) is 5.48. The van der Waals surface area contributed by atoms with E-state index < -0.39 is 4.92 Å². The minimum absolute atomic E-state index is 0.0561. The molecule has 2 aromatic rings. The third-order valence-corrected chi connectivity index (χ3v) is 5.87. The van der Waals surface area contributed by atoms with Crippen LogP contribution in [0.25, 0.3) is 0 Å². The van der Waals surface area contributed by atoms with E-state index in [0.717, 1.165) is 30.0 Å². The molecule has 3 rings (SSSR count). The number of hydrogen-bond donors (Lipinski definition) is 0. The summed E-state index contributed by atoms with van der Waals surface area (Å²) >= 11 is 1.43. The van der Waals surface area contributed by atoms with Crippen molar-refractivity contribution in [3.63, 3.8) is 0 Å². The number of benzene rings is 2. The summed E-state index contributed by atoms with van der Waals surface area (Å²) in [6.07, 6.45) is 2.03. The first-order valence-corrected chi connectivity index (χ1v) is 10.3. The smallest absolute Gasteiger partial charge is 0.269 e. The van der Waals surface area contributed by atoms with Crippen molar-refractivity contribution in [2.75, 3.05) is 19.7 Å². The molecular weight excluding hydrogens is 376 g/mol. The quantitative estimate of drug-likeness (QED) is 0.391. The minimum Gasteiger partial charge on any atom is -0.493 e. The SMILES string of the molecule is CC(Sc1ccc([N+](=O)[O-])cc1)C(=O)N1CCCC(COc2ccccc2)C1. The Hall–Kier alpha value is -2.54. The zero-order chi connectivity index (χ0) is 19.9. The van der Waals surface area contributed by atoms with E-state index in [1.165, 1.54) is 23.9 Å². The minimum atomic E-state index is -0.422. The molecule has 7 heteroatoms. The Morgan fingerprint density at radius 3 is 2.64 bits per heavy atom. The second-order valence-electron chi connectivity index (χ2n) is 6.93. The number of thioether (sulfide) groups is 1. The highest BCUT2D eigenvalue weighted by Gasteiger charge is 2.27. The molecule has 1 fully saturated rings. The van der Waals surface area contributed by atoms with Crippen molar-refractivity contribution in [3.8, 4) is 5.75 Å². The van der Waals surface area contributed by atoms with Crippen LogP contribution in [0, 0.1) is 16.0 Å². The lowest BCUT2D eigenvalue weighted by Crippen LogP contribution is -2.44. The molecule has 0 N–H and O–H groups in total. The molecule has 1 amide bonds. The summed E-state index contributed by atoms with van der Waals surface area (Å²) in [5, 5.41) is 10.5. The Morgan fingerprint density at radius 1 is 1.25 bits per heavy atom. The molecule has 0 radical (unpaired) electrons. The number of rotatable bonds is 7. The van der Waals surface area contributed by atoms with E-state index in [4.69, 9.17) is 4.74 Å². The van der Waals surface area contributed by atoms with Gasteiger partial charge in [-0.1, -0.05) is 18.2 Å². The number of likely N-dealkylation sites (tertiary alicyclic amines) is 1. The number of non-ortho nitro benzene ring substituents is 1. The lowest BCUT2D eigenvalue weighted by Gasteiger charge is -2.34. The summed E-state index contributed by atoms with van der Waals surface area (Å²) in [5.74, 6) is 1.29. The average molecular weight is 401 g/mol. The molecule has 28 heavy (non-hydrogen) atoms. The van der Waals surface area contributed by atoms with Gasteiger partial charge in [0.1, 0.15) is 5.75 Å². The summed E-state index contributed by atoms with van der Waals surface area (Å²) < 4.78 is 5.86. The molecule has 148 valence electrons. The van der Waals surface area contributed by atoms with Crippen molar-refractivity contribution in [2.45, 2.75) is 29.9 Å². The molecule has 1 saturated heterocycles. The fourth-order valence-corrected chi connectivity index (χ4v) is 4.24. The Labute approximate surface area is 169 Å². The number of piperidine rings is 1. The molecule has 1 heterocycles. The van der Waals surface area contributed by atoms with E-state index in [9.17, 15) is 14.9 Å². The van der Waals surface area contributed by atoms with E-state index >= 15 is 0 Å². The predicted octanol–water partition coefficient (Wildman–Crippen LogP) is 4.39. The number of amides is 1. The lowest BCUT2D eigenvalue weighted by atomic mass is 9.98. The van der Waals surface area contributed by atoms with Crippen LogP contribution in [0.3, 0.4) is 0 Å². The Balaban J connectivity index is 1.51. The number of nitro groups is 1. The number of hydrogen-bond acceptors (Lipinski definition) is 5. The van der Waals surface area contributed by atoms with Crippen molar-refractivity contribution < 1.29 is 14.5 Å². The second-order valence-corrected chi connectivity index (χ2v) is 8.34. The van der Waals surface area contributed by atoms with E-state index in [-0.39, 0.29) is 16.8 Å². The van der Waals surface area contributed by atoms with Crippen LogP contribution in [-0.2, 0) is 4.79 Å². The molecule has 2 aromatic carbocycles. The van der Waals surface area contributed by atoms with Crippen LogP contribution in [-0.4, -0.2) is 40.7 Å². The van der Waals surface area contributed by atoms with Gasteiger partial charge >= 0.3 is 0 Å². The van der Waals surface area contributed by atoms with E-state index in [0.29, 0.717) is 19.1 Å². The van der Waals surface area contributed by atoms with Gasteiger partial charge < -0.3 is 9.64 Å². The van der Waals surface area contributed by atoms with Crippen LogP contribution in [0.1, 0.15) is 19.8 Å². The molecule has 0 aromatic heterocycles. The molecule has 1 aliphatic rings. The summed E-state index contributed by atoms with van der Waals surface area (Å²) in [6, 6.07) is 16.1. The van der Waals surface area contributed by atoms with Gasteiger partial charge in [-0.2, -0.15) is 0 Å². The zero-order valence-electron chi connectivity index (χ0n) is 15.8. The lowest BCUT2D eigenvalue weighted by molar-refractivity contribution is -0.384. The topological polar surface area (TPSA) is 72.7 Å². The molecule has 2 unspecified atom stereocenters. The average Bonchev–Trinajstić information content (AvgIpc) is 2.73. The van der Waals surface area contributed by atoms with Crippen LogP contribution in [0.2, 0.25) is 0 Å². The predicted molar refractivity (Wildman–Crippen MR) is 110 cm³/mol. The highest BCUT2D eigenvalue weighted by atomic mass is 32.2. The number of ether oxygens (including phenoxy) is 1. The van der Waals surface area contributed by atoms with E-state index in [1.807, 2.05) is 42.2 Å². The maximum Gasteiger partial charge on any atom is 0.269 e. The molecule has 0 spiro atoms. The monoisotopic (exact) mass is 400 g/mol. The number of nitro benzene ring substituents is 1. The van der Waals surface area contributed by atoms with E-state index in [2.05, 4.69) is 0 Å². The van der Waals surface area contributed by atoms with Crippen molar-refractivity contribution >= 4 is 23.4 Å². The first kappa shape index (κ1) is 20.2. The van der Waals surface area contributed by atoms with Crippen LogP contribution in [0.4, 0.5) is 5.69 Å². The van der Waals surface area contributed by atoms with Gasteiger partial charge in [-0.3, -0.25) is 14.9 Å². The van der Waals surface area contributed by atoms with Gasteiger partial charge in [0.05, 0.1) is 16.8 Å². The number of para-hydroxylation sites is 1. The number of carbonyl (C=O) groups excluding carboxylic acids is 1. The summed E-state index contributed by atoms with van der Waals surface area (Å²) in [7, 11) is 0. The first-order valence-electron chi connectivity index (χ1n) is 9.40. The molecule has 2 atom stereocenters. The van der Waals surface area contributed by atoms with Crippen molar-refractivity contribution in [3.05, 3.63) is 64.7 Å². The number of nitrogens with zero attached hydrogens (tertiary/aromatic N) is 2. The number of carbonyl (C=O) groups is 1. The molecule has 0 bridgehead atoms. The molecule has 0 saturated carbocycles. The van der Waals surface area contributed by atoms with Crippen LogP contribution < -0.4 is 4.74 Å². The highest BCUT2D eigenvalue weighted by molar-refractivity contribution is 8.00. The molecule has 6 nitrogen and oxygen atoms in total. The Bertz CT molecular complexity index is 798. The van der Waals surface area contributed by atoms with Gasteiger partial charge in [0.15, 0.2) is 0 Å². The molecular formula is C21H24N2O4S. The van der Waals surface area contributed by atoms with E-state index in [1.54, 1.807) is 12.1 Å². The fraction of sp³-hybridized carbons (Fsp3) is 0.381. The maximum absolute atomic E-state index is 12.9. The van der Waals surface area contributed by atoms with Gasteiger partial charge in [0.2, 0.25) is 5.91 Å². The standard InChI is InChI=1S/C21H24N2O4S/c1-16(28-20-11-9-18(10-12-20)23(25)26)21(24)22-13-5-6-17(14-22)15-27-19-7-3-2-4-8-19/h2-4,7-12,16-17H,5-6,13-15H2,1H3.